The van der Waals surface area contributed by atoms with E-state index in [4.69, 9.17) is 0 Å². The standard InChI is InChI=1S/C21H24F3N5O/c1-13(12-28-14(2)10-19(27-28)21(22,23)24)20(30)25-11-18-15(3)26-29(16(18)4)17-8-6-5-7-9-17/h5-10,13H,11-12H2,1-4H3,(H,25,30). The minimum absolute atomic E-state index is 0.0645. The van der Waals surface area contributed by atoms with Crippen LogP contribution < -0.4 is 5.32 Å². The maximum atomic E-state index is 12.8. The second kappa shape index (κ2) is 8.33. The Hall–Kier alpha value is -3.10. The molecule has 0 bridgehead atoms. The minimum atomic E-state index is -4.50. The number of alkyl halides is 3. The van der Waals surface area contributed by atoms with Crippen molar-refractivity contribution in [2.75, 3.05) is 0 Å². The van der Waals surface area contributed by atoms with Crippen molar-refractivity contribution in [1.82, 2.24) is 24.9 Å². The molecule has 3 rings (SSSR count). The summed E-state index contributed by atoms with van der Waals surface area (Å²) in [6.07, 6.45) is -4.50. The van der Waals surface area contributed by atoms with Crippen LogP contribution in [0, 0.1) is 26.7 Å². The Kier molecular flexibility index (Phi) is 6.00. The first-order valence-electron chi connectivity index (χ1n) is 9.57. The van der Waals surface area contributed by atoms with Gasteiger partial charge in [-0.05, 0) is 39.0 Å². The predicted molar refractivity (Wildman–Crippen MR) is 106 cm³/mol. The van der Waals surface area contributed by atoms with Gasteiger partial charge in [0.1, 0.15) is 0 Å². The normalized spacial score (nSPS) is 12.8. The van der Waals surface area contributed by atoms with Crippen molar-refractivity contribution in [1.29, 1.82) is 0 Å². The molecule has 2 heterocycles. The summed E-state index contributed by atoms with van der Waals surface area (Å²) in [5, 5.41) is 11.0. The molecular formula is C21H24F3N5O. The summed E-state index contributed by atoms with van der Waals surface area (Å²) in [5.41, 5.74) is 2.98. The van der Waals surface area contributed by atoms with Gasteiger partial charge in [-0.3, -0.25) is 9.48 Å². The van der Waals surface area contributed by atoms with Gasteiger partial charge in [0.15, 0.2) is 5.69 Å². The lowest BCUT2D eigenvalue weighted by Crippen LogP contribution is -2.32. The van der Waals surface area contributed by atoms with Gasteiger partial charge in [0, 0.05) is 23.5 Å². The molecule has 0 radical (unpaired) electrons. The van der Waals surface area contributed by atoms with Crippen molar-refractivity contribution in [3.05, 3.63) is 64.7 Å². The summed E-state index contributed by atoms with van der Waals surface area (Å²) in [4.78, 5) is 12.5. The SMILES string of the molecule is Cc1nn(-c2ccccc2)c(C)c1CNC(=O)C(C)Cn1nc(C(F)(F)F)cc1C. The Bertz CT molecular complexity index is 1040. The number of nitrogens with one attached hydrogen (secondary N) is 1. The molecule has 0 saturated carbocycles. The quantitative estimate of drug-likeness (QED) is 0.658. The molecule has 0 aliphatic heterocycles. The lowest BCUT2D eigenvalue weighted by molar-refractivity contribution is -0.141. The van der Waals surface area contributed by atoms with Crippen LogP contribution >= 0.6 is 0 Å². The molecule has 0 spiro atoms. The van der Waals surface area contributed by atoms with Gasteiger partial charge >= 0.3 is 6.18 Å². The lowest BCUT2D eigenvalue weighted by atomic mass is 10.1. The van der Waals surface area contributed by atoms with Crippen molar-refractivity contribution in [3.8, 4) is 5.69 Å². The third-order valence-corrected chi connectivity index (χ3v) is 5.05. The number of para-hydroxylation sites is 1. The van der Waals surface area contributed by atoms with E-state index in [0.717, 1.165) is 28.7 Å². The van der Waals surface area contributed by atoms with Crippen LogP contribution in [0.3, 0.4) is 0 Å². The van der Waals surface area contributed by atoms with Gasteiger partial charge in [-0.1, -0.05) is 25.1 Å². The molecule has 0 fully saturated rings. The monoisotopic (exact) mass is 419 g/mol. The van der Waals surface area contributed by atoms with Gasteiger partial charge < -0.3 is 5.32 Å². The van der Waals surface area contributed by atoms with Crippen LogP contribution in [0.2, 0.25) is 0 Å². The fourth-order valence-electron chi connectivity index (χ4n) is 3.28. The third kappa shape index (κ3) is 4.55. The Morgan fingerprint density at radius 2 is 1.80 bits per heavy atom. The summed E-state index contributed by atoms with van der Waals surface area (Å²) in [7, 11) is 0. The van der Waals surface area contributed by atoms with Gasteiger partial charge in [-0.15, -0.1) is 0 Å². The van der Waals surface area contributed by atoms with E-state index in [0.29, 0.717) is 12.2 Å². The highest BCUT2D eigenvalue weighted by molar-refractivity contribution is 5.78. The van der Waals surface area contributed by atoms with E-state index in [1.165, 1.54) is 11.6 Å². The number of aryl methyl sites for hydroxylation is 2. The van der Waals surface area contributed by atoms with E-state index >= 15 is 0 Å². The van der Waals surface area contributed by atoms with Gasteiger partial charge in [0.05, 0.1) is 23.8 Å². The molecule has 3 aromatic rings. The number of halogens is 3. The van der Waals surface area contributed by atoms with Crippen molar-refractivity contribution in [3.63, 3.8) is 0 Å². The van der Waals surface area contributed by atoms with E-state index in [1.807, 2.05) is 48.9 Å². The third-order valence-electron chi connectivity index (χ3n) is 5.05. The average Bonchev–Trinajstić information content (AvgIpc) is 3.20. The summed E-state index contributed by atoms with van der Waals surface area (Å²) in [5.74, 6) is -0.806. The Morgan fingerprint density at radius 3 is 2.40 bits per heavy atom. The van der Waals surface area contributed by atoms with Crippen LogP contribution in [0.15, 0.2) is 36.4 Å². The molecule has 2 aromatic heterocycles. The van der Waals surface area contributed by atoms with Crippen molar-refractivity contribution in [2.45, 2.75) is 47.0 Å². The van der Waals surface area contributed by atoms with Gasteiger partial charge in [-0.2, -0.15) is 23.4 Å². The zero-order valence-corrected chi connectivity index (χ0v) is 17.3. The number of nitrogens with zero attached hydrogens (tertiary/aromatic N) is 4. The fraction of sp³-hybridized carbons (Fsp3) is 0.381. The second-order valence-electron chi connectivity index (χ2n) is 7.37. The molecule has 9 heteroatoms. The second-order valence-corrected chi connectivity index (χ2v) is 7.37. The number of hydrogen-bond donors (Lipinski definition) is 1. The van der Waals surface area contributed by atoms with Gasteiger partial charge in [0.25, 0.3) is 0 Å². The molecule has 0 saturated heterocycles. The zero-order chi connectivity index (χ0) is 22.1. The highest BCUT2D eigenvalue weighted by Gasteiger charge is 2.34. The number of aromatic nitrogens is 4. The maximum absolute atomic E-state index is 12.8. The first-order chi connectivity index (χ1) is 14.1. The predicted octanol–water partition coefficient (Wildman–Crippen LogP) is 3.97. The first-order valence-corrected chi connectivity index (χ1v) is 9.57. The Balaban J connectivity index is 1.66. The van der Waals surface area contributed by atoms with E-state index in [1.54, 1.807) is 6.92 Å². The molecule has 1 amide bonds. The minimum Gasteiger partial charge on any atom is -0.352 e. The Labute approximate surface area is 172 Å². The summed E-state index contributed by atoms with van der Waals surface area (Å²) in [6.45, 7) is 7.37. The lowest BCUT2D eigenvalue weighted by Gasteiger charge is -2.14. The molecule has 0 aliphatic rings. The molecule has 0 aliphatic carbocycles. The smallest absolute Gasteiger partial charge is 0.352 e. The number of benzene rings is 1. The molecule has 1 N–H and O–H groups in total. The number of carbonyl (C=O) groups is 1. The van der Waals surface area contributed by atoms with E-state index < -0.39 is 17.8 Å². The maximum Gasteiger partial charge on any atom is 0.435 e. The van der Waals surface area contributed by atoms with E-state index in [-0.39, 0.29) is 12.5 Å². The zero-order valence-electron chi connectivity index (χ0n) is 17.3. The molecule has 1 atom stereocenters. The van der Waals surface area contributed by atoms with Crippen LogP contribution in [0.1, 0.15) is 35.3 Å². The summed E-state index contributed by atoms with van der Waals surface area (Å²) < 4.78 is 41.5. The van der Waals surface area contributed by atoms with Crippen LogP contribution in [-0.2, 0) is 24.1 Å². The van der Waals surface area contributed by atoms with Crippen LogP contribution in [0.4, 0.5) is 13.2 Å². The van der Waals surface area contributed by atoms with Crippen molar-refractivity contribution < 1.29 is 18.0 Å². The first kappa shape index (κ1) is 21.6. The molecular weight excluding hydrogens is 395 g/mol. The van der Waals surface area contributed by atoms with Gasteiger partial charge in [-0.25, -0.2) is 4.68 Å². The summed E-state index contributed by atoms with van der Waals surface area (Å²) >= 11 is 0. The van der Waals surface area contributed by atoms with Gasteiger partial charge in [0.2, 0.25) is 5.91 Å². The topological polar surface area (TPSA) is 64.7 Å². The van der Waals surface area contributed by atoms with Crippen LogP contribution in [0.25, 0.3) is 5.69 Å². The van der Waals surface area contributed by atoms with Crippen LogP contribution in [-0.4, -0.2) is 25.5 Å². The highest BCUT2D eigenvalue weighted by Crippen LogP contribution is 2.28. The number of amides is 1. The summed E-state index contributed by atoms with van der Waals surface area (Å²) in [6, 6.07) is 10.7. The number of hydrogen-bond acceptors (Lipinski definition) is 3. The average molecular weight is 419 g/mol. The molecule has 160 valence electrons. The molecule has 1 aromatic carbocycles. The van der Waals surface area contributed by atoms with E-state index in [9.17, 15) is 18.0 Å². The fourth-order valence-corrected chi connectivity index (χ4v) is 3.28. The van der Waals surface area contributed by atoms with Crippen molar-refractivity contribution >= 4 is 5.91 Å². The molecule has 6 nitrogen and oxygen atoms in total. The van der Waals surface area contributed by atoms with Crippen molar-refractivity contribution in [2.24, 2.45) is 5.92 Å². The highest BCUT2D eigenvalue weighted by atomic mass is 19.4. The number of carbonyl (C=O) groups excluding carboxylic acids is 1. The largest absolute Gasteiger partial charge is 0.435 e. The number of rotatable bonds is 6. The Morgan fingerprint density at radius 1 is 1.13 bits per heavy atom. The van der Waals surface area contributed by atoms with Crippen LogP contribution in [0.5, 0.6) is 0 Å². The van der Waals surface area contributed by atoms with E-state index in [2.05, 4.69) is 15.5 Å². The molecule has 1 unspecified atom stereocenters. The molecule has 30 heavy (non-hydrogen) atoms.